The number of esters is 1. The van der Waals surface area contributed by atoms with Gasteiger partial charge in [-0.05, 0) is 43.0 Å². The number of ether oxygens (including phenoxy) is 1. The van der Waals surface area contributed by atoms with Crippen molar-refractivity contribution in [3.05, 3.63) is 48.0 Å². The molecular weight excluding hydrogens is 288 g/mol. The third-order valence-corrected chi connectivity index (χ3v) is 4.74. The lowest BCUT2D eigenvalue weighted by Gasteiger charge is -2.46. The SMILES string of the molecule is CC(=O)OC1(c2ccc3ccccc3c2)CCNCC1N(C)C. The highest BCUT2D eigenvalue weighted by Gasteiger charge is 2.46. The van der Waals surface area contributed by atoms with Crippen molar-refractivity contribution in [1.29, 1.82) is 0 Å². The standard InChI is InChI=1S/C19H24N2O2/c1-14(22)23-19(10-11-20-13-18(19)21(2)3)17-9-8-15-6-4-5-7-16(15)12-17/h4-9,12,18,20H,10-11,13H2,1-3H3. The zero-order valence-electron chi connectivity index (χ0n) is 14.0. The maximum absolute atomic E-state index is 11.9. The molecule has 1 fully saturated rings. The summed E-state index contributed by atoms with van der Waals surface area (Å²) in [5.74, 6) is -0.230. The van der Waals surface area contributed by atoms with E-state index >= 15 is 0 Å². The summed E-state index contributed by atoms with van der Waals surface area (Å²) in [4.78, 5) is 14.0. The van der Waals surface area contributed by atoms with Gasteiger partial charge in [-0.15, -0.1) is 0 Å². The summed E-state index contributed by atoms with van der Waals surface area (Å²) in [6.07, 6.45) is 0.772. The van der Waals surface area contributed by atoms with Crippen molar-refractivity contribution in [2.24, 2.45) is 0 Å². The minimum Gasteiger partial charge on any atom is -0.453 e. The fourth-order valence-corrected chi connectivity index (χ4v) is 3.67. The average Bonchev–Trinajstić information content (AvgIpc) is 2.54. The highest BCUT2D eigenvalue weighted by molar-refractivity contribution is 5.83. The predicted octanol–water partition coefficient (Wildman–Crippen LogP) is 2.52. The van der Waals surface area contributed by atoms with Gasteiger partial charge in [0.15, 0.2) is 5.60 Å². The molecule has 2 aromatic carbocycles. The molecule has 1 aliphatic rings. The lowest BCUT2D eigenvalue weighted by atomic mass is 9.79. The minimum atomic E-state index is -0.607. The number of carbonyl (C=O) groups is 1. The molecule has 3 rings (SSSR count). The fourth-order valence-electron chi connectivity index (χ4n) is 3.67. The predicted molar refractivity (Wildman–Crippen MR) is 92.4 cm³/mol. The molecule has 1 N–H and O–H groups in total. The maximum atomic E-state index is 11.9. The quantitative estimate of drug-likeness (QED) is 0.884. The van der Waals surface area contributed by atoms with Crippen molar-refractivity contribution in [1.82, 2.24) is 10.2 Å². The van der Waals surface area contributed by atoms with Gasteiger partial charge in [0, 0.05) is 19.9 Å². The number of fused-ring (bicyclic) bond motifs is 1. The Hall–Kier alpha value is -1.91. The van der Waals surface area contributed by atoms with Crippen LogP contribution in [0.4, 0.5) is 0 Å². The van der Waals surface area contributed by atoms with Crippen LogP contribution in [0.5, 0.6) is 0 Å². The number of carbonyl (C=O) groups excluding carboxylic acids is 1. The van der Waals surface area contributed by atoms with Crippen LogP contribution in [0.3, 0.4) is 0 Å². The molecule has 1 aliphatic heterocycles. The minimum absolute atomic E-state index is 0.0984. The summed E-state index contributed by atoms with van der Waals surface area (Å²) < 4.78 is 5.97. The van der Waals surface area contributed by atoms with Gasteiger partial charge in [-0.3, -0.25) is 4.79 Å². The van der Waals surface area contributed by atoms with Crippen LogP contribution >= 0.6 is 0 Å². The van der Waals surface area contributed by atoms with E-state index in [2.05, 4.69) is 40.5 Å². The number of piperidine rings is 1. The van der Waals surface area contributed by atoms with E-state index in [0.29, 0.717) is 0 Å². The largest absolute Gasteiger partial charge is 0.453 e. The summed E-state index contributed by atoms with van der Waals surface area (Å²) in [5.41, 5.74) is 0.469. The van der Waals surface area contributed by atoms with E-state index in [0.717, 1.165) is 25.1 Å². The molecule has 0 amide bonds. The van der Waals surface area contributed by atoms with Gasteiger partial charge >= 0.3 is 5.97 Å². The van der Waals surface area contributed by atoms with Gasteiger partial charge in [0.1, 0.15) is 0 Å². The van der Waals surface area contributed by atoms with Crippen LogP contribution in [0.15, 0.2) is 42.5 Å². The zero-order valence-corrected chi connectivity index (χ0v) is 14.0. The summed E-state index contributed by atoms with van der Waals surface area (Å²) in [6.45, 7) is 3.13. The summed E-state index contributed by atoms with van der Waals surface area (Å²) in [6, 6.07) is 14.8. The highest BCUT2D eigenvalue weighted by atomic mass is 16.6. The topological polar surface area (TPSA) is 41.6 Å². The number of benzene rings is 2. The number of nitrogens with zero attached hydrogens (tertiary/aromatic N) is 1. The van der Waals surface area contributed by atoms with Gasteiger partial charge in [-0.2, -0.15) is 0 Å². The third kappa shape index (κ3) is 2.96. The molecule has 0 aliphatic carbocycles. The highest BCUT2D eigenvalue weighted by Crippen LogP contribution is 2.38. The smallest absolute Gasteiger partial charge is 0.303 e. The van der Waals surface area contributed by atoms with E-state index in [9.17, 15) is 4.79 Å². The van der Waals surface area contributed by atoms with Gasteiger partial charge in [0.05, 0.1) is 6.04 Å². The maximum Gasteiger partial charge on any atom is 0.303 e. The zero-order chi connectivity index (χ0) is 16.4. The molecule has 0 spiro atoms. The Morgan fingerprint density at radius 2 is 1.96 bits per heavy atom. The first-order chi connectivity index (χ1) is 11.0. The number of rotatable bonds is 3. The molecule has 2 aromatic rings. The van der Waals surface area contributed by atoms with E-state index in [1.54, 1.807) is 0 Å². The van der Waals surface area contributed by atoms with Gasteiger partial charge < -0.3 is 15.0 Å². The summed E-state index contributed by atoms with van der Waals surface area (Å²) in [5, 5.41) is 5.79. The molecule has 122 valence electrons. The lowest BCUT2D eigenvalue weighted by Crippen LogP contribution is -2.59. The van der Waals surface area contributed by atoms with Crippen LogP contribution in [-0.4, -0.2) is 44.1 Å². The second-order valence-corrected chi connectivity index (χ2v) is 6.48. The molecular formula is C19H24N2O2. The van der Waals surface area contributed by atoms with Crippen LogP contribution in [0.1, 0.15) is 18.9 Å². The molecule has 4 heteroatoms. The number of likely N-dealkylation sites (N-methyl/N-ethyl adjacent to an activating group) is 1. The molecule has 0 aromatic heterocycles. The van der Waals surface area contributed by atoms with E-state index in [-0.39, 0.29) is 12.0 Å². The Morgan fingerprint density at radius 1 is 1.22 bits per heavy atom. The molecule has 1 heterocycles. The monoisotopic (exact) mass is 312 g/mol. The molecule has 1 saturated heterocycles. The number of hydrogen-bond donors (Lipinski definition) is 1. The molecule has 0 bridgehead atoms. The Morgan fingerprint density at radius 3 is 2.65 bits per heavy atom. The Balaban J connectivity index is 2.14. The van der Waals surface area contributed by atoms with E-state index in [1.165, 1.54) is 17.7 Å². The third-order valence-electron chi connectivity index (χ3n) is 4.74. The normalized spacial score (nSPS) is 24.8. The molecule has 23 heavy (non-hydrogen) atoms. The van der Waals surface area contributed by atoms with Crippen LogP contribution in [0.2, 0.25) is 0 Å². The van der Waals surface area contributed by atoms with Crippen LogP contribution in [0.25, 0.3) is 10.8 Å². The van der Waals surface area contributed by atoms with Gasteiger partial charge in [0.2, 0.25) is 0 Å². The first-order valence-electron chi connectivity index (χ1n) is 8.09. The van der Waals surface area contributed by atoms with E-state index in [1.807, 2.05) is 26.2 Å². The van der Waals surface area contributed by atoms with E-state index < -0.39 is 5.60 Å². The molecule has 0 radical (unpaired) electrons. The Kier molecular flexibility index (Phi) is 4.37. The van der Waals surface area contributed by atoms with Gasteiger partial charge in [-0.25, -0.2) is 0 Å². The van der Waals surface area contributed by atoms with Crippen molar-refractivity contribution in [3.63, 3.8) is 0 Å². The van der Waals surface area contributed by atoms with Gasteiger partial charge in [-0.1, -0.05) is 36.4 Å². The van der Waals surface area contributed by atoms with Gasteiger partial charge in [0.25, 0.3) is 0 Å². The lowest BCUT2D eigenvalue weighted by molar-refractivity contribution is -0.170. The second kappa shape index (κ2) is 6.30. The van der Waals surface area contributed by atoms with Crippen molar-refractivity contribution in [3.8, 4) is 0 Å². The summed E-state index contributed by atoms with van der Waals surface area (Å²) >= 11 is 0. The molecule has 0 saturated carbocycles. The van der Waals surface area contributed by atoms with Crippen molar-refractivity contribution in [2.45, 2.75) is 25.0 Å². The number of nitrogens with one attached hydrogen (secondary N) is 1. The van der Waals surface area contributed by atoms with Crippen LogP contribution in [-0.2, 0) is 15.1 Å². The molecule has 2 atom stereocenters. The Labute approximate surface area is 137 Å². The average molecular weight is 312 g/mol. The molecule has 2 unspecified atom stereocenters. The molecule has 4 nitrogen and oxygen atoms in total. The van der Waals surface area contributed by atoms with E-state index in [4.69, 9.17) is 4.74 Å². The van der Waals surface area contributed by atoms with Crippen LogP contribution in [0, 0.1) is 0 Å². The van der Waals surface area contributed by atoms with Crippen molar-refractivity contribution in [2.75, 3.05) is 27.2 Å². The number of hydrogen-bond acceptors (Lipinski definition) is 4. The first-order valence-corrected chi connectivity index (χ1v) is 8.09. The Bertz CT molecular complexity index is 713. The first kappa shape index (κ1) is 16.0. The van der Waals surface area contributed by atoms with Crippen LogP contribution < -0.4 is 5.32 Å². The summed E-state index contributed by atoms with van der Waals surface area (Å²) in [7, 11) is 4.08. The van der Waals surface area contributed by atoms with Crippen molar-refractivity contribution < 1.29 is 9.53 Å². The van der Waals surface area contributed by atoms with Crippen molar-refractivity contribution >= 4 is 16.7 Å². The second-order valence-electron chi connectivity index (χ2n) is 6.48. The fraction of sp³-hybridized carbons (Fsp3) is 0.421.